The first kappa shape index (κ1) is 21.9. The molecule has 0 N–H and O–H groups in total. The standard InChI is InChI=1S/C25H24ClFN2O4/c1-15-13-22(30)32-25-18(15)5-6-20(23(25)26)31-12-2-9-29-10-7-16(8-11-29)24-19-4-3-17(27)14-21(19)33-28-24/h3-6,13-14,16H,2,7-12H2,1H3. The third-order valence-corrected chi connectivity index (χ3v) is 6.69. The number of benzene rings is 2. The molecular formula is C25H24ClFN2O4. The van der Waals surface area contributed by atoms with E-state index in [2.05, 4.69) is 10.1 Å². The van der Waals surface area contributed by atoms with E-state index in [1.807, 2.05) is 19.1 Å². The van der Waals surface area contributed by atoms with Crippen LogP contribution in [-0.4, -0.2) is 36.3 Å². The summed E-state index contributed by atoms with van der Waals surface area (Å²) in [5, 5.41) is 6.25. The van der Waals surface area contributed by atoms with Crippen molar-refractivity contribution in [1.29, 1.82) is 0 Å². The van der Waals surface area contributed by atoms with E-state index in [9.17, 15) is 9.18 Å². The Morgan fingerprint density at radius 3 is 2.79 bits per heavy atom. The number of ether oxygens (including phenoxy) is 1. The topological polar surface area (TPSA) is 68.7 Å². The van der Waals surface area contributed by atoms with Crippen molar-refractivity contribution in [2.75, 3.05) is 26.2 Å². The number of nitrogens with zero attached hydrogens (tertiary/aromatic N) is 2. The Labute approximate surface area is 194 Å². The zero-order chi connectivity index (χ0) is 22.9. The van der Waals surface area contributed by atoms with Gasteiger partial charge in [-0.2, -0.15) is 0 Å². The summed E-state index contributed by atoms with van der Waals surface area (Å²) in [4.78, 5) is 14.1. The molecule has 2 aromatic carbocycles. The number of rotatable bonds is 6. The van der Waals surface area contributed by atoms with Crippen LogP contribution in [-0.2, 0) is 0 Å². The van der Waals surface area contributed by atoms with Crippen molar-refractivity contribution in [2.45, 2.75) is 32.1 Å². The summed E-state index contributed by atoms with van der Waals surface area (Å²) in [6.45, 7) is 5.20. The van der Waals surface area contributed by atoms with Gasteiger partial charge in [-0.1, -0.05) is 16.8 Å². The van der Waals surface area contributed by atoms with Crippen molar-refractivity contribution in [2.24, 2.45) is 0 Å². The predicted molar refractivity (Wildman–Crippen MR) is 125 cm³/mol. The van der Waals surface area contributed by atoms with Crippen LogP contribution >= 0.6 is 11.6 Å². The number of halogens is 2. The van der Waals surface area contributed by atoms with Crippen LogP contribution in [0.2, 0.25) is 5.02 Å². The molecule has 3 heterocycles. The maximum Gasteiger partial charge on any atom is 0.336 e. The van der Waals surface area contributed by atoms with Gasteiger partial charge in [-0.25, -0.2) is 9.18 Å². The number of aryl methyl sites for hydroxylation is 1. The number of likely N-dealkylation sites (tertiary alicyclic amines) is 1. The van der Waals surface area contributed by atoms with Crippen molar-refractivity contribution in [3.8, 4) is 5.75 Å². The molecule has 1 fully saturated rings. The molecule has 33 heavy (non-hydrogen) atoms. The monoisotopic (exact) mass is 470 g/mol. The van der Waals surface area contributed by atoms with Crippen molar-refractivity contribution in [3.05, 3.63) is 68.9 Å². The van der Waals surface area contributed by atoms with Gasteiger partial charge in [-0.3, -0.25) is 0 Å². The summed E-state index contributed by atoms with van der Waals surface area (Å²) in [6.07, 6.45) is 2.81. The Hall–Kier alpha value is -2.90. The van der Waals surface area contributed by atoms with Crippen LogP contribution in [0.25, 0.3) is 21.9 Å². The van der Waals surface area contributed by atoms with E-state index in [-0.39, 0.29) is 5.82 Å². The van der Waals surface area contributed by atoms with Gasteiger partial charge in [0.25, 0.3) is 0 Å². The van der Waals surface area contributed by atoms with E-state index in [1.165, 1.54) is 18.2 Å². The summed E-state index contributed by atoms with van der Waals surface area (Å²) < 4.78 is 29.9. The zero-order valence-electron chi connectivity index (χ0n) is 18.3. The molecule has 0 radical (unpaired) electrons. The summed E-state index contributed by atoms with van der Waals surface area (Å²) in [5.41, 5.74) is 2.20. The Morgan fingerprint density at radius 2 is 1.97 bits per heavy atom. The largest absolute Gasteiger partial charge is 0.492 e. The molecule has 0 aliphatic carbocycles. The molecule has 0 bridgehead atoms. The highest BCUT2D eigenvalue weighted by Gasteiger charge is 2.25. The summed E-state index contributed by atoms with van der Waals surface area (Å²) in [5.74, 6) is 0.525. The average molecular weight is 471 g/mol. The SMILES string of the molecule is Cc1cc(=O)oc2c(Cl)c(OCCCN3CCC(c4noc5cc(F)ccc45)CC3)ccc12. The highest BCUT2D eigenvalue weighted by Crippen LogP contribution is 2.34. The fourth-order valence-corrected chi connectivity index (χ4v) is 4.83. The summed E-state index contributed by atoms with van der Waals surface area (Å²) in [6, 6.07) is 9.73. The van der Waals surface area contributed by atoms with Crippen molar-refractivity contribution < 1.29 is 18.1 Å². The number of aromatic nitrogens is 1. The molecule has 0 atom stereocenters. The predicted octanol–water partition coefficient (Wildman–Crippen LogP) is 5.68. The molecular weight excluding hydrogens is 447 g/mol. The molecule has 0 spiro atoms. The number of fused-ring (bicyclic) bond motifs is 2. The minimum Gasteiger partial charge on any atom is -0.492 e. The van der Waals surface area contributed by atoms with E-state index >= 15 is 0 Å². The maximum atomic E-state index is 13.4. The van der Waals surface area contributed by atoms with E-state index in [4.69, 9.17) is 25.3 Å². The van der Waals surface area contributed by atoms with Crippen LogP contribution in [0, 0.1) is 12.7 Å². The van der Waals surface area contributed by atoms with Crippen LogP contribution in [0.3, 0.4) is 0 Å². The van der Waals surface area contributed by atoms with E-state index in [0.717, 1.165) is 60.9 Å². The van der Waals surface area contributed by atoms with E-state index < -0.39 is 5.63 Å². The van der Waals surface area contributed by atoms with Gasteiger partial charge in [-0.15, -0.1) is 0 Å². The molecule has 2 aromatic heterocycles. The third kappa shape index (κ3) is 4.48. The zero-order valence-corrected chi connectivity index (χ0v) is 19.0. The molecule has 1 saturated heterocycles. The fourth-order valence-electron chi connectivity index (χ4n) is 4.57. The fraction of sp³-hybridized carbons (Fsp3) is 0.360. The number of piperidine rings is 1. The van der Waals surface area contributed by atoms with Crippen molar-refractivity contribution in [1.82, 2.24) is 10.1 Å². The Bertz CT molecular complexity index is 1360. The lowest BCUT2D eigenvalue weighted by atomic mass is 9.91. The highest BCUT2D eigenvalue weighted by molar-refractivity contribution is 6.36. The Balaban J connectivity index is 1.13. The first-order valence-corrected chi connectivity index (χ1v) is 11.5. The van der Waals surface area contributed by atoms with Gasteiger partial charge in [0.1, 0.15) is 16.6 Å². The van der Waals surface area contributed by atoms with Crippen LogP contribution in [0.15, 0.2) is 50.1 Å². The lowest BCUT2D eigenvalue weighted by Gasteiger charge is -2.31. The molecule has 1 aliphatic rings. The van der Waals surface area contributed by atoms with Gasteiger partial charge in [0.15, 0.2) is 11.2 Å². The third-order valence-electron chi connectivity index (χ3n) is 6.34. The number of hydrogen-bond donors (Lipinski definition) is 0. The van der Waals surface area contributed by atoms with Crippen LogP contribution in [0.1, 0.15) is 36.4 Å². The Morgan fingerprint density at radius 1 is 1.18 bits per heavy atom. The second-order valence-corrected chi connectivity index (χ2v) is 8.91. The Kier molecular flexibility index (Phi) is 6.08. The van der Waals surface area contributed by atoms with Gasteiger partial charge in [0.05, 0.1) is 12.3 Å². The lowest BCUT2D eigenvalue weighted by molar-refractivity contribution is 0.191. The maximum absolute atomic E-state index is 13.4. The van der Waals surface area contributed by atoms with E-state index in [1.54, 1.807) is 6.07 Å². The molecule has 5 rings (SSSR count). The van der Waals surface area contributed by atoms with Gasteiger partial charge >= 0.3 is 5.63 Å². The molecule has 4 aromatic rings. The molecule has 0 saturated carbocycles. The molecule has 0 amide bonds. The summed E-state index contributed by atoms with van der Waals surface area (Å²) >= 11 is 6.43. The van der Waals surface area contributed by atoms with Gasteiger partial charge in [0, 0.05) is 35.4 Å². The van der Waals surface area contributed by atoms with Gasteiger partial charge in [0.2, 0.25) is 0 Å². The van der Waals surface area contributed by atoms with Gasteiger partial charge in [-0.05, 0) is 69.1 Å². The first-order chi connectivity index (χ1) is 16.0. The van der Waals surface area contributed by atoms with E-state index in [0.29, 0.717) is 34.5 Å². The smallest absolute Gasteiger partial charge is 0.336 e. The second-order valence-electron chi connectivity index (χ2n) is 8.53. The quantitative estimate of drug-likeness (QED) is 0.266. The van der Waals surface area contributed by atoms with Crippen LogP contribution in [0.5, 0.6) is 5.75 Å². The highest BCUT2D eigenvalue weighted by atomic mass is 35.5. The molecule has 0 unspecified atom stereocenters. The minimum absolute atomic E-state index is 0.313. The van der Waals surface area contributed by atoms with Crippen LogP contribution < -0.4 is 10.4 Å². The molecule has 6 nitrogen and oxygen atoms in total. The summed E-state index contributed by atoms with van der Waals surface area (Å²) in [7, 11) is 0. The second kappa shape index (κ2) is 9.15. The van der Waals surface area contributed by atoms with Crippen molar-refractivity contribution in [3.63, 3.8) is 0 Å². The average Bonchev–Trinajstić information content (AvgIpc) is 3.22. The number of hydrogen-bond acceptors (Lipinski definition) is 6. The van der Waals surface area contributed by atoms with Crippen LogP contribution in [0.4, 0.5) is 4.39 Å². The normalized spacial score (nSPS) is 15.5. The lowest BCUT2D eigenvalue weighted by Crippen LogP contribution is -2.34. The molecule has 8 heteroatoms. The van der Waals surface area contributed by atoms with Crippen molar-refractivity contribution >= 4 is 33.5 Å². The minimum atomic E-state index is -0.423. The van der Waals surface area contributed by atoms with Gasteiger partial charge < -0.3 is 18.6 Å². The molecule has 1 aliphatic heterocycles. The first-order valence-electron chi connectivity index (χ1n) is 11.1. The molecule has 172 valence electrons.